The van der Waals surface area contributed by atoms with Crippen molar-refractivity contribution in [2.24, 2.45) is 0 Å². The molecule has 1 heterocycles. The van der Waals surface area contributed by atoms with E-state index in [1.54, 1.807) is 22.6 Å². The molecular formula is C8H6ClF3INO2. The number of hydrogen-bond donors (Lipinski definition) is 1. The number of halogens is 5. The molecule has 16 heavy (non-hydrogen) atoms. The van der Waals surface area contributed by atoms with Crippen LogP contribution in [0, 0.1) is 3.57 Å². The summed E-state index contributed by atoms with van der Waals surface area (Å²) in [6.07, 6.45) is -4.78. The van der Waals surface area contributed by atoms with Gasteiger partial charge in [-0.05, 0) is 22.6 Å². The predicted molar refractivity (Wildman–Crippen MR) is 59.1 cm³/mol. The van der Waals surface area contributed by atoms with Gasteiger partial charge >= 0.3 is 6.36 Å². The van der Waals surface area contributed by atoms with Crippen molar-refractivity contribution in [2.45, 2.75) is 18.8 Å². The summed E-state index contributed by atoms with van der Waals surface area (Å²) in [7, 11) is 0. The second-order valence-electron chi connectivity index (χ2n) is 2.71. The number of pyridine rings is 1. The predicted octanol–water partition coefficient (Wildman–Crippen LogP) is 2.82. The van der Waals surface area contributed by atoms with Crippen LogP contribution < -0.4 is 4.74 Å². The van der Waals surface area contributed by atoms with E-state index in [9.17, 15) is 13.2 Å². The fraction of sp³-hybridized carbons (Fsp3) is 0.375. The molecule has 0 spiro atoms. The molecule has 90 valence electrons. The van der Waals surface area contributed by atoms with E-state index in [-0.39, 0.29) is 20.8 Å². The average molecular weight is 367 g/mol. The topological polar surface area (TPSA) is 42.4 Å². The lowest BCUT2D eigenvalue weighted by Gasteiger charge is -2.13. The van der Waals surface area contributed by atoms with Crippen molar-refractivity contribution in [3.8, 4) is 5.75 Å². The highest BCUT2D eigenvalue weighted by molar-refractivity contribution is 14.1. The largest absolute Gasteiger partial charge is 0.573 e. The molecule has 0 atom stereocenters. The van der Waals surface area contributed by atoms with Crippen molar-refractivity contribution in [2.75, 3.05) is 0 Å². The van der Waals surface area contributed by atoms with Crippen molar-refractivity contribution < 1.29 is 23.0 Å². The summed E-state index contributed by atoms with van der Waals surface area (Å²) in [6, 6.07) is 1.03. The Bertz CT molecular complexity index is 386. The number of alkyl halides is 4. The second-order valence-corrected chi connectivity index (χ2v) is 4.06. The molecule has 0 aliphatic rings. The highest BCUT2D eigenvalue weighted by atomic mass is 127. The summed E-state index contributed by atoms with van der Waals surface area (Å²) in [5.74, 6) is -0.455. The minimum absolute atomic E-state index is 0.0552. The molecule has 0 saturated carbocycles. The molecule has 1 N–H and O–H groups in total. The number of aromatic nitrogens is 1. The first kappa shape index (κ1) is 13.8. The minimum atomic E-state index is -4.78. The first-order chi connectivity index (χ1) is 7.37. The van der Waals surface area contributed by atoms with Crippen LogP contribution in [0.4, 0.5) is 13.2 Å². The standard InChI is InChI=1S/C8H6ClF3INO2/c9-2-5-7(13)6(16-8(10,11)12)1-4(3-15)14-5/h1,15H,2-3H2. The number of rotatable bonds is 3. The Morgan fingerprint density at radius 1 is 1.50 bits per heavy atom. The van der Waals surface area contributed by atoms with Crippen LogP contribution in [0.1, 0.15) is 11.4 Å². The number of aliphatic hydroxyl groups is 1. The van der Waals surface area contributed by atoms with Crippen LogP contribution in [0.25, 0.3) is 0 Å². The van der Waals surface area contributed by atoms with Gasteiger partial charge in [0, 0.05) is 6.07 Å². The Balaban J connectivity index is 3.16. The maximum absolute atomic E-state index is 12.1. The highest BCUT2D eigenvalue weighted by Gasteiger charge is 2.32. The van der Waals surface area contributed by atoms with Crippen LogP contribution in [0.15, 0.2) is 6.07 Å². The molecule has 1 aromatic rings. The number of aliphatic hydroxyl groups excluding tert-OH is 1. The number of ether oxygens (including phenoxy) is 1. The summed E-state index contributed by atoms with van der Waals surface area (Å²) < 4.78 is 40.1. The van der Waals surface area contributed by atoms with Crippen LogP contribution in [-0.2, 0) is 12.5 Å². The molecule has 0 amide bonds. The molecule has 0 aliphatic heterocycles. The van der Waals surface area contributed by atoms with Gasteiger partial charge in [-0.15, -0.1) is 24.8 Å². The van der Waals surface area contributed by atoms with Gasteiger partial charge in [0.05, 0.1) is 27.4 Å². The van der Waals surface area contributed by atoms with Crippen LogP contribution in [-0.4, -0.2) is 16.5 Å². The number of nitrogens with zero attached hydrogens (tertiary/aromatic N) is 1. The van der Waals surface area contributed by atoms with Crippen LogP contribution in [0.2, 0.25) is 0 Å². The van der Waals surface area contributed by atoms with Gasteiger partial charge in [-0.2, -0.15) is 0 Å². The third kappa shape index (κ3) is 3.63. The minimum Gasteiger partial charge on any atom is -0.405 e. The van der Waals surface area contributed by atoms with Crippen molar-refractivity contribution in [3.63, 3.8) is 0 Å². The SMILES string of the molecule is OCc1cc(OC(F)(F)F)c(I)c(CCl)n1. The molecule has 0 aromatic carbocycles. The van der Waals surface area contributed by atoms with Crippen LogP contribution in [0.3, 0.4) is 0 Å². The summed E-state index contributed by atoms with van der Waals surface area (Å²) >= 11 is 7.18. The van der Waals surface area contributed by atoms with E-state index < -0.39 is 18.7 Å². The lowest BCUT2D eigenvalue weighted by molar-refractivity contribution is -0.275. The summed E-state index contributed by atoms with van der Waals surface area (Å²) in [6.45, 7) is -0.477. The molecule has 1 rings (SSSR count). The van der Waals surface area contributed by atoms with Gasteiger partial charge in [-0.3, -0.25) is 4.98 Å². The fourth-order valence-electron chi connectivity index (χ4n) is 0.980. The van der Waals surface area contributed by atoms with Gasteiger partial charge in [0.2, 0.25) is 0 Å². The second kappa shape index (κ2) is 5.37. The van der Waals surface area contributed by atoms with Gasteiger partial charge in [-0.25, -0.2) is 0 Å². The molecule has 0 unspecified atom stereocenters. The third-order valence-electron chi connectivity index (χ3n) is 1.56. The Morgan fingerprint density at radius 2 is 2.12 bits per heavy atom. The zero-order chi connectivity index (χ0) is 12.3. The van der Waals surface area contributed by atoms with Gasteiger partial charge in [-0.1, -0.05) is 0 Å². The highest BCUT2D eigenvalue weighted by Crippen LogP contribution is 2.30. The Kier molecular flexibility index (Phi) is 4.62. The molecule has 0 bridgehead atoms. The third-order valence-corrected chi connectivity index (χ3v) is 2.97. The monoisotopic (exact) mass is 367 g/mol. The fourth-order valence-corrected chi connectivity index (χ4v) is 1.98. The van der Waals surface area contributed by atoms with E-state index in [1.807, 2.05) is 0 Å². The Morgan fingerprint density at radius 3 is 2.56 bits per heavy atom. The van der Waals surface area contributed by atoms with Crippen molar-refractivity contribution in [1.82, 2.24) is 4.98 Å². The molecule has 8 heteroatoms. The van der Waals surface area contributed by atoms with E-state index in [1.165, 1.54) is 0 Å². The molecule has 0 saturated heterocycles. The summed E-state index contributed by atoms with van der Waals surface area (Å²) in [5.41, 5.74) is 0.323. The molecular weight excluding hydrogens is 361 g/mol. The van der Waals surface area contributed by atoms with Crippen LogP contribution in [0.5, 0.6) is 5.75 Å². The quantitative estimate of drug-likeness (QED) is 0.660. The van der Waals surface area contributed by atoms with E-state index in [0.717, 1.165) is 6.07 Å². The summed E-state index contributed by atoms with van der Waals surface area (Å²) in [4.78, 5) is 3.86. The average Bonchev–Trinajstić information content (AvgIpc) is 2.19. The van der Waals surface area contributed by atoms with E-state index in [2.05, 4.69) is 9.72 Å². The normalized spacial score (nSPS) is 11.6. The Labute approximate surface area is 108 Å². The number of hydrogen-bond acceptors (Lipinski definition) is 3. The van der Waals surface area contributed by atoms with Gasteiger partial charge in [0.15, 0.2) is 0 Å². The maximum Gasteiger partial charge on any atom is 0.573 e. The molecule has 1 aromatic heterocycles. The summed E-state index contributed by atoms with van der Waals surface area (Å²) in [5, 5.41) is 8.83. The van der Waals surface area contributed by atoms with Crippen molar-refractivity contribution >= 4 is 34.2 Å². The smallest absolute Gasteiger partial charge is 0.405 e. The lowest BCUT2D eigenvalue weighted by atomic mass is 10.3. The first-order valence-electron chi connectivity index (χ1n) is 3.98. The van der Waals surface area contributed by atoms with Gasteiger partial charge in [0.1, 0.15) is 5.75 Å². The van der Waals surface area contributed by atoms with Gasteiger partial charge in [0.25, 0.3) is 0 Å². The van der Waals surface area contributed by atoms with E-state index >= 15 is 0 Å². The maximum atomic E-state index is 12.1. The molecule has 0 radical (unpaired) electrons. The molecule has 0 aliphatic carbocycles. The Hall–Kier alpha value is -0.280. The van der Waals surface area contributed by atoms with Crippen molar-refractivity contribution in [3.05, 3.63) is 21.0 Å². The van der Waals surface area contributed by atoms with Crippen molar-refractivity contribution in [1.29, 1.82) is 0 Å². The van der Waals surface area contributed by atoms with E-state index in [0.29, 0.717) is 0 Å². The van der Waals surface area contributed by atoms with E-state index in [4.69, 9.17) is 16.7 Å². The zero-order valence-electron chi connectivity index (χ0n) is 7.68. The lowest BCUT2D eigenvalue weighted by Crippen LogP contribution is -2.18. The zero-order valence-corrected chi connectivity index (χ0v) is 10.6. The first-order valence-corrected chi connectivity index (χ1v) is 5.59. The van der Waals surface area contributed by atoms with Gasteiger partial charge < -0.3 is 9.84 Å². The molecule has 0 fully saturated rings. The van der Waals surface area contributed by atoms with Crippen LogP contribution >= 0.6 is 34.2 Å². The molecule has 3 nitrogen and oxygen atoms in total.